The number of nitrogens with zero attached hydrogens (tertiary/aromatic N) is 2. The molecule has 0 spiro atoms. The van der Waals surface area contributed by atoms with Crippen LogP contribution in [-0.4, -0.2) is 18.6 Å². The molecule has 1 fully saturated rings. The largest absolute Gasteiger partial charge is 0.339 e. The number of sulfonamides is 1. The molecule has 4 rings (SSSR count). The van der Waals surface area contributed by atoms with Gasteiger partial charge in [0, 0.05) is 22.5 Å². The lowest BCUT2D eigenvalue weighted by atomic mass is 10.1. The van der Waals surface area contributed by atoms with Crippen molar-refractivity contribution in [3.63, 3.8) is 0 Å². The van der Waals surface area contributed by atoms with Crippen molar-refractivity contribution >= 4 is 27.0 Å². The van der Waals surface area contributed by atoms with Gasteiger partial charge in [-0.05, 0) is 31.0 Å². The molecule has 8 heteroatoms. The first-order valence-corrected chi connectivity index (χ1v) is 10.5. The lowest BCUT2D eigenvalue weighted by Crippen LogP contribution is -2.11. The van der Waals surface area contributed by atoms with Crippen LogP contribution in [0.4, 0.5) is 5.69 Å². The molecule has 3 aromatic rings. The molecule has 130 valence electrons. The van der Waals surface area contributed by atoms with Crippen molar-refractivity contribution in [3.8, 4) is 11.4 Å². The molecule has 2 heterocycles. The lowest BCUT2D eigenvalue weighted by Gasteiger charge is -2.05. The van der Waals surface area contributed by atoms with Crippen LogP contribution in [0.5, 0.6) is 0 Å². The zero-order valence-corrected chi connectivity index (χ0v) is 15.0. The van der Waals surface area contributed by atoms with E-state index in [1.54, 1.807) is 35.7 Å². The average Bonchev–Trinajstić information content (AvgIpc) is 3.35. The molecule has 0 unspecified atom stereocenters. The molecule has 0 amide bonds. The third-order valence-corrected chi connectivity index (χ3v) is 7.09. The molecule has 1 aliphatic rings. The summed E-state index contributed by atoms with van der Waals surface area (Å²) in [6.07, 6.45) is 4.53. The van der Waals surface area contributed by atoms with Gasteiger partial charge in [-0.3, -0.25) is 4.72 Å². The predicted molar refractivity (Wildman–Crippen MR) is 96.1 cm³/mol. The predicted octanol–water partition coefficient (Wildman–Crippen LogP) is 4.26. The second-order valence-corrected chi connectivity index (χ2v) is 8.88. The van der Waals surface area contributed by atoms with Gasteiger partial charge in [-0.25, -0.2) is 8.42 Å². The lowest BCUT2D eigenvalue weighted by molar-refractivity contribution is 0.354. The first kappa shape index (κ1) is 16.3. The Balaban J connectivity index is 1.55. The van der Waals surface area contributed by atoms with Gasteiger partial charge >= 0.3 is 0 Å². The molecule has 2 aromatic heterocycles. The quantitative estimate of drug-likeness (QED) is 0.720. The summed E-state index contributed by atoms with van der Waals surface area (Å²) in [5.74, 6) is 1.44. The Morgan fingerprint density at radius 3 is 2.68 bits per heavy atom. The summed E-state index contributed by atoms with van der Waals surface area (Å²) < 4.78 is 33.2. The number of hydrogen-bond donors (Lipinski definition) is 1. The molecular formula is C17H17N3O3S2. The maximum absolute atomic E-state index is 12.5. The molecule has 1 aromatic carbocycles. The minimum Gasteiger partial charge on any atom is -0.339 e. The highest BCUT2D eigenvalue weighted by Crippen LogP contribution is 2.35. The van der Waals surface area contributed by atoms with Crippen LogP contribution in [0.25, 0.3) is 11.4 Å². The first-order valence-electron chi connectivity index (χ1n) is 8.12. The van der Waals surface area contributed by atoms with Crippen LogP contribution in [0.2, 0.25) is 0 Å². The van der Waals surface area contributed by atoms with Gasteiger partial charge < -0.3 is 4.52 Å². The van der Waals surface area contributed by atoms with Crippen LogP contribution in [0, 0.1) is 0 Å². The highest BCUT2D eigenvalue weighted by atomic mass is 32.2. The maximum atomic E-state index is 12.5. The third kappa shape index (κ3) is 3.45. The van der Waals surface area contributed by atoms with Gasteiger partial charge in [0.15, 0.2) is 0 Å². The van der Waals surface area contributed by atoms with E-state index in [4.69, 9.17) is 4.52 Å². The summed E-state index contributed by atoms with van der Waals surface area (Å²) in [5.41, 5.74) is 1.19. The fraction of sp³-hybridized carbons (Fsp3) is 0.294. The highest BCUT2D eigenvalue weighted by Gasteiger charge is 2.24. The summed E-state index contributed by atoms with van der Waals surface area (Å²) in [6, 6.07) is 10.4. The standard InChI is InChI=1S/C17H17N3O3S2/c21-25(22,20-14-8-2-1-3-9-14)15-10-13(11-24-15)16-18-17(23-19-16)12-6-4-5-7-12/h1-3,8-12,20H,4-7H2. The molecule has 0 aliphatic heterocycles. The second-order valence-electron chi connectivity index (χ2n) is 6.06. The van der Waals surface area contributed by atoms with E-state index in [0.29, 0.717) is 28.9 Å². The van der Waals surface area contributed by atoms with E-state index in [1.165, 1.54) is 12.8 Å². The number of aromatic nitrogens is 2. The molecule has 0 saturated heterocycles. The molecule has 0 radical (unpaired) electrons. The number of para-hydroxylation sites is 1. The van der Waals surface area contributed by atoms with Crippen molar-refractivity contribution in [1.82, 2.24) is 10.1 Å². The molecule has 25 heavy (non-hydrogen) atoms. The van der Waals surface area contributed by atoms with Crippen molar-refractivity contribution in [2.75, 3.05) is 4.72 Å². The van der Waals surface area contributed by atoms with Crippen LogP contribution >= 0.6 is 11.3 Å². The molecule has 1 aliphatic carbocycles. The molecular weight excluding hydrogens is 358 g/mol. The van der Waals surface area contributed by atoms with Crippen molar-refractivity contribution in [2.45, 2.75) is 35.8 Å². The average molecular weight is 375 g/mol. The van der Waals surface area contributed by atoms with Crippen LogP contribution in [0.15, 0.2) is 50.5 Å². The van der Waals surface area contributed by atoms with E-state index in [9.17, 15) is 8.42 Å². The van der Waals surface area contributed by atoms with E-state index in [-0.39, 0.29) is 4.21 Å². The Morgan fingerprint density at radius 1 is 1.16 bits per heavy atom. The molecule has 0 bridgehead atoms. The van der Waals surface area contributed by atoms with Crippen molar-refractivity contribution < 1.29 is 12.9 Å². The zero-order chi connectivity index (χ0) is 17.3. The Morgan fingerprint density at radius 2 is 1.92 bits per heavy atom. The number of benzene rings is 1. The Hall–Kier alpha value is -2.19. The summed E-state index contributed by atoms with van der Waals surface area (Å²) in [6.45, 7) is 0. The van der Waals surface area contributed by atoms with Crippen LogP contribution in [-0.2, 0) is 10.0 Å². The van der Waals surface area contributed by atoms with Gasteiger partial charge in [-0.2, -0.15) is 4.98 Å². The van der Waals surface area contributed by atoms with Gasteiger partial charge in [0.1, 0.15) is 4.21 Å². The molecule has 1 N–H and O–H groups in total. The van der Waals surface area contributed by atoms with Crippen molar-refractivity contribution in [2.24, 2.45) is 0 Å². The van der Waals surface area contributed by atoms with Crippen LogP contribution in [0.1, 0.15) is 37.5 Å². The van der Waals surface area contributed by atoms with Crippen LogP contribution < -0.4 is 4.72 Å². The summed E-state index contributed by atoms with van der Waals surface area (Å²) in [4.78, 5) is 4.46. The van der Waals surface area contributed by atoms with E-state index < -0.39 is 10.0 Å². The van der Waals surface area contributed by atoms with E-state index >= 15 is 0 Å². The Kier molecular flexibility index (Phi) is 4.30. The molecule has 0 atom stereocenters. The fourth-order valence-corrected chi connectivity index (χ4v) is 5.19. The summed E-state index contributed by atoms with van der Waals surface area (Å²) in [5, 5.41) is 5.75. The third-order valence-electron chi connectivity index (χ3n) is 4.27. The normalized spacial score (nSPS) is 15.5. The zero-order valence-electron chi connectivity index (χ0n) is 13.4. The van der Waals surface area contributed by atoms with Gasteiger partial charge in [-0.1, -0.05) is 36.2 Å². The first-order chi connectivity index (χ1) is 12.1. The van der Waals surface area contributed by atoms with Crippen LogP contribution in [0.3, 0.4) is 0 Å². The van der Waals surface area contributed by atoms with Gasteiger partial charge in [0.25, 0.3) is 10.0 Å². The smallest absolute Gasteiger partial charge is 0.271 e. The number of thiophene rings is 1. The second kappa shape index (κ2) is 6.61. The monoisotopic (exact) mass is 375 g/mol. The van der Waals surface area contributed by atoms with Gasteiger partial charge in [0.05, 0.1) is 0 Å². The summed E-state index contributed by atoms with van der Waals surface area (Å²) >= 11 is 1.14. The fourth-order valence-electron chi connectivity index (χ4n) is 2.98. The number of rotatable bonds is 5. The Labute approximate surface area is 150 Å². The number of hydrogen-bond acceptors (Lipinski definition) is 6. The minimum absolute atomic E-state index is 0.221. The minimum atomic E-state index is -3.63. The van der Waals surface area contributed by atoms with E-state index in [1.807, 2.05) is 6.07 Å². The molecule has 1 saturated carbocycles. The molecule has 6 nitrogen and oxygen atoms in total. The van der Waals surface area contributed by atoms with Crippen molar-refractivity contribution in [1.29, 1.82) is 0 Å². The summed E-state index contributed by atoms with van der Waals surface area (Å²) in [7, 11) is -3.63. The van der Waals surface area contributed by atoms with Gasteiger partial charge in [0.2, 0.25) is 11.7 Å². The van der Waals surface area contributed by atoms with Gasteiger partial charge in [-0.15, -0.1) is 11.3 Å². The SMILES string of the molecule is O=S(=O)(Nc1ccccc1)c1cc(-c2noc(C3CCCC3)n2)cs1. The number of nitrogens with one attached hydrogen (secondary N) is 1. The maximum Gasteiger partial charge on any atom is 0.271 e. The van der Waals surface area contributed by atoms with Crippen molar-refractivity contribution in [3.05, 3.63) is 47.7 Å². The van der Waals surface area contributed by atoms with E-state index in [0.717, 1.165) is 24.2 Å². The Bertz CT molecular complexity index is 958. The number of anilines is 1. The highest BCUT2D eigenvalue weighted by molar-refractivity contribution is 7.94. The topological polar surface area (TPSA) is 85.1 Å². The van der Waals surface area contributed by atoms with E-state index in [2.05, 4.69) is 14.9 Å².